The SMILES string of the molecule is Cc1cccc(Nc2ccc(C(=O)NC(C)(C)C)nn2)c1C. The summed E-state index contributed by atoms with van der Waals surface area (Å²) in [5.41, 5.74) is 3.37. The van der Waals surface area contributed by atoms with Crippen molar-refractivity contribution in [3.8, 4) is 0 Å². The summed E-state index contributed by atoms with van der Waals surface area (Å²) in [6, 6.07) is 9.47. The fraction of sp³-hybridized carbons (Fsp3) is 0.353. The summed E-state index contributed by atoms with van der Waals surface area (Å²) < 4.78 is 0. The maximum Gasteiger partial charge on any atom is 0.272 e. The Morgan fingerprint density at radius 2 is 1.77 bits per heavy atom. The van der Waals surface area contributed by atoms with Crippen molar-refractivity contribution >= 4 is 17.4 Å². The lowest BCUT2D eigenvalue weighted by Gasteiger charge is -2.19. The molecule has 0 saturated heterocycles. The van der Waals surface area contributed by atoms with E-state index in [-0.39, 0.29) is 11.4 Å². The Kier molecular flexibility index (Phi) is 4.45. The lowest BCUT2D eigenvalue weighted by Crippen LogP contribution is -2.41. The van der Waals surface area contributed by atoms with Gasteiger partial charge >= 0.3 is 0 Å². The van der Waals surface area contributed by atoms with Gasteiger partial charge in [-0.1, -0.05) is 12.1 Å². The largest absolute Gasteiger partial charge is 0.346 e. The van der Waals surface area contributed by atoms with E-state index < -0.39 is 0 Å². The quantitative estimate of drug-likeness (QED) is 0.911. The zero-order chi connectivity index (χ0) is 16.3. The van der Waals surface area contributed by atoms with E-state index in [0.29, 0.717) is 11.5 Å². The Hall–Kier alpha value is -2.43. The third-order valence-electron chi connectivity index (χ3n) is 3.25. The number of carbonyl (C=O) groups is 1. The van der Waals surface area contributed by atoms with E-state index in [1.807, 2.05) is 32.9 Å². The number of amides is 1. The fourth-order valence-corrected chi connectivity index (χ4v) is 1.95. The van der Waals surface area contributed by atoms with Crippen molar-refractivity contribution in [3.05, 3.63) is 47.2 Å². The highest BCUT2D eigenvalue weighted by molar-refractivity contribution is 5.92. The van der Waals surface area contributed by atoms with E-state index in [1.165, 1.54) is 11.1 Å². The number of rotatable bonds is 3. The summed E-state index contributed by atoms with van der Waals surface area (Å²) in [4.78, 5) is 12.0. The van der Waals surface area contributed by atoms with Crippen LogP contribution >= 0.6 is 0 Å². The van der Waals surface area contributed by atoms with Crippen LogP contribution in [0, 0.1) is 13.8 Å². The molecule has 1 aromatic carbocycles. The van der Waals surface area contributed by atoms with E-state index in [1.54, 1.807) is 12.1 Å². The molecule has 0 spiro atoms. The highest BCUT2D eigenvalue weighted by atomic mass is 16.2. The van der Waals surface area contributed by atoms with Crippen LogP contribution in [0.25, 0.3) is 0 Å². The van der Waals surface area contributed by atoms with Crippen LogP contribution < -0.4 is 10.6 Å². The second-order valence-corrected chi connectivity index (χ2v) is 6.38. The molecule has 22 heavy (non-hydrogen) atoms. The van der Waals surface area contributed by atoms with Crippen molar-refractivity contribution in [2.24, 2.45) is 0 Å². The minimum Gasteiger partial charge on any atom is -0.346 e. The molecule has 1 heterocycles. The predicted molar refractivity (Wildman–Crippen MR) is 88.4 cm³/mol. The molecule has 116 valence electrons. The average Bonchev–Trinajstić information content (AvgIpc) is 2.43. The minimum absolute atomic E-state index is 0.224. The Bertz CT molecular complexity index is 672. The Morgan fingerprint density at radius 3 is 2.36 bits per heavy atom. The number of aryl methyl sites for hydroxylation is 1. The number of carbonyl (C=O) groups excluding carboxylic acids is 1. The average molecular weight is 298 g/mol. The van der Waals surface area contributed by atoms with Gasteiger partial charge in [-0.15, -0.1) is 10.2 Å². The van der Waals surface area contributed by atoms with Gasteiger partial charge < -0.3 is 10.6 Å². The lowest BCUT2D eigenvalue weighted by molar-refractivity contribution is 0.0913. The van der Waals surface area contributed by atoms with Gasteiger partial charge in [-0.05, 0) is 63.9 Å². The maximum atomic E-state index is 12.0. The van der Waals surface area contributed by atoms with Gasteiger partial charge in [0.1, 0.15) is 0 Å². The molecule has 2 aromatic rings. The van der Waals surface area contributed by atoms with Gasteiger partial charge in [-0.25, -0.2) is 0 Å². The number of hydrogen-bond acceptors (Lipinski definition) is 4. The van der Waals surface area contributed by atoms with E-state index in [2.05, 4.69) is 40.7 Å². The van der Waals surface area contributed by atoms with Crippen molar-refractivity contribution < 1.29 is 4.79 Å². The first-order valence-electron chi connectivity index (χ1n) is 7.26. The van der Waals surface area contributed by atoms with Crippen LogP contribution in [0.1, 0.15) is 42.4 Å². The van der Waals surface area contributed by atoms with Crippen LogP contribution in [0.2, 0.25) is 0 Å². The number of hydrogen-bond donors (Lipinski definition) is 2. The molecule has 2 rings (SSSR count). The molecule has 0 saturated carbocycles. The second-order valence-electron chi connectivity index (χ2n) is 6.38. The number of nitrogens with one attached hydrogen (secondary N) is 2. The summed E-state index contributed by atoms with van der Waals surface area (Å²) in [7, 11) is 0. The molecular weight excluding hydrogens is 276 g/mol. The molecule has 1 aromatic heterocycles. The normalized spacial score (nSPS) is 11.1. The molecule has 0 aliphatic carbocycles. The van der Waals surface area contributed by atoms with E-state index in [0.717, 1.165) is 5.69 Å². The summed E-state index contributed by atoms with van der Waals surface area (Å²) in [6.07, 6.45) is 0. The van der Waals surface area contributed by atoms with Gasteiger partial charge in [0, 0.05) is 11.2 Å². The van der Waals surface area contributed by atoms with Gasteiger partial charge in [-0.2, -0.15) is 0 Å². The van der Waals surface area contributed by atoms with Gasteiger partial charge in [0.25, 0.3) is 5.91 Å². The molecule has 0 aliphatic rings. The molecule has 1 amide bonds. The smallest absolute Gasteiger partial charge is 0.272 e. The fourth-order valence-electron chi connectivity index (χ4n) is 1.95. The first kappa shape index (κ1) is 15.9. The van der Waals surface area contributed by atoms with E-state index in [9.17, 15) is 4.79 Å². The van der Waals surface area contributed by atoms with Crippen molar-refractivity contribution in [1.82, 2.24) is 15.5 Å². The maximum absolute atomic E-state index is 12.0. The first-order chi connectivity index (χ1) is 10.3. The minimum atomic E-state index is -0.297. The van der Waals surface area contributed by atoms with E-state index >= 15 is 0 Å². The van der Waals surface area contributed by atoms with Crippen LogP contribution in [0.15, 0.2) is 30.3 Å². The molecule has 5 nitrogen and oxygen atoms in total. The third kappa shape index (κ3) is 4.04. The second kappa shape index (κ2) is 6.13. The highest BCUT2D eigenvalue weighted by Crippen LogP contribution is 2.21. The molecule has 0 bridgehead atoms. The molecule has 2 N–H and O–H groups in total. The van der Waals surface area contributed by atoms with Crippen molar-refractivity contribution in [1.29, 1.82) is 0 Å². The summed E-state index contributed by atoms with van der Waals surface area (Å²) in [5.74, 6) is 0.388. The summed E-state index contributed by atoms with van der Waals surface area (Å²) in [6.45, 7) is 9.89. The van der Waals surface area contributed by atoms with Crippen LogP contribution in [0.3, 0.4) is 0 Å². The Balaban J connectivity index is 2.12. The standard InChI is InChI=1S/C17H22N4O/c1-11-7-6-8-13(12(11)2)18-15-10-9-14(20-21-15)16(22)19-17(3,4)5/h6-10H,1-5H3,(H,18,21)(H,19,22). The number of anilines is 2. The van der Waals surface area contributed by atoms with Gasteiger partial charge in [0.15, 0.2) is 11.5 Å². The number of nitrogens with zero attached hydrogens (tertiary/aromatic N) is 2. The predicted octanol–water partition coefficient (Wildman–Crippen LogP) is 3.37. The Morgan fingerprint density at radius 1 is 1.05 bits per heavy atom. The van der Waals surface area contributed by atoms with Crippen LogP contribution in [0.4, 0.5) is 11.5 Å². The lowest BCUT2D eigenvalue weighted by atomic mass is 10.1. The van der Waals surface area contributed by atoms with Crippen LogP contribution in [0.5, 0.6) is 0 Å². The molecule has 0 atom stereocenters. The molecular formula is C17H22N4O. The zero-order valence-electron chi connectivity index (χ0n) is 13.7. The third-order valence-corrected chi connectivity index (χ3v) is 3.25. The summed E-state index contributed by atoms with van der Waals surface area (Å²) >= 11 is 0. The molecule has 5 heteroatoms. The Labute approximate surface area is 131 Å². The van der Waals surface area contributed by atoms with Gasteiger partial charge in [0.2, 0.25) is 0 Å². The molecule has 0 unspecified atom stereocenters. The number of aromatic nitrogens is 2. The van der Waals surface area contributed by atoms with Gasteiger partial charge in [-0.3, -0.25) is 4.79 Å². The van der Waals surface area contributed by atoms with Crippen molar-refractivity contribution in [2.75, 3.05) is 5.32 Å². The van der Waals surface area contributed by atoms with E-state index in [4.69, 9.17) is 0 Å². The summed E-state index contributed by atoms with van der Waals surface area (Å²) in [5, 5.41) is 14.1. The monoisotopic (exact) mass is 298 g/mol. The van der Waals surface area contributed by atoms with Crippen molar-refractivity contribution in [3.63, 3.8) is 0 Å². The van der Waals surface area contributed by atoms with Crippen LogP contribution in [-0.2, 0) is 0 Å². The molecule has 0 radical (unpaired) electrons. The highest BCUT2D eigenvalue weighted by Gasteiger charge is 2.16. The zero-order valence-corrected chi connectivity index (χ0v) is 13.7. The molecule has 0 fully saturated rings. The topological polar surface area (TPSA) is 66.9 Å². The van der Waals surface area contributed by atoms with Crippen LogP contribution in [-0.4, -0.2) is 21.6 Å². The van der Waals surface area contributed by atoms with Crippen molar-refractivity contribution in [2.45, 2.75) is 40.2 Å². The first-order valence-corrected chi connectivity index (χ1v) is 7.26. The van der Waals surface area contributed by atoms with Gasteiger partial charge in [0.05, 0.1) is 0 Å². The molecule has 0 aliphatic heterocycles. The number of benzene rings is 1.